The van der Waals surface area contributed by atoms with Crippen LogP contribution in [0.3, 0.4) is 0 Å². The number of piperidine rings is 1. The van der Waals surface area contributed by atoms with Crippen molar-refractivity contribution in [3.8, 4) is 0 Å². The van der Waals surface area contributed by atoms with Crippen molar-refractivity contribution in [2.24, 2.45) is 5.92 Å². The van der Waals surface area contributed by atoms with Gasteiger partial charge in [0.1, 0.15) is 6.04 Å². The van der Waals surface area contributed by atoms with Crippen LogP contribution in [0.5, 0.6) is 0 Å². The Bertz CT molecular complexity index is 1300. The van der Waals surface area contributed by atoms with Gasteiger partial charge in [0.2, 0.25) is 0 Å². The summed E-state index contributed by atoms with van der Waals surface area (Å²) in [5, 5.41) is 10.7. The maximum atomic E-state index is 13.8. The van der Waals surface area contributed by atoms with Gasteiger partial charge in [-0.05, 0) is 115 Å². The standard InChI is InChI=1S/C36H52N4O4S2/c1-24(2)44-35(42)33(16-19-45-5)39-34(41)32-21-29(13-12-27(32)11-10-26-8-6-25(3)7-9-26)37-22-30-20-31(23-38-30)46-36(43)28-14-17-40(4)18-15-28/h6-9,12-13,21,24,28,30-31,33,37-38H,10-11,14-20,22-23H2,1-5H3,(H,39,41)/t30-,31-,33-/m0/s1. The van der Waals surface area contributed by atoms with Crippen LogP contribution in [0.25, 0.3) is 0 Å². The first-order valence-corrected chi connectivity index (χ1v) is 18.9. The highest BCUT2D eigenvalue weighted by molar-refractivity contribution is 8.14. The number of thioether (sulfide) groups is 2. The second-order valence-electron chi connectivity index (χ2n) is 13.0. The van der Waals surface area contributed by atoms with E-state index in [2.05, 4.69) is 59.1 Å². The van der Waals surface area contributed by atoms with Gasteiger partial charge in [0.25, 0.3) is 5.91 Å². The number of anilines is 1. The van der Waals surface area contributed by atoms with E-state index in [0.717, 1.165) is 62.3 Å². The minimum absolute atomic E-state index is 0.181. The number of likely N-dealkylation sites (tertiary alicyclic amines) is 1. The van der Waals surface area contributed by atoms with Gasteiger partial charge in [-0.3, -0.25) is 9.59 Å². The number of carbonyl (C=O) groups excluding carboxylic acids is 3. The molecule has 2 fully saturated rings. The molecule has 2 aromatic carbocycles. The quantitative estimate of drug-likeness (QED) is 0.218. The highest BCUT2D eigenvalue weighted by Gasteiger charge is 2.31. The van der Waals surface area contributed by atoms with E-state index in [1.165, 1.54) is 22.9 Å². The molecule has 0 radical (unpaired) electrons. The molecule has 0 saturated carbocycles. The summed E-state index contributed by atoms with van der Waals surface area (Å²) in [6, 6.07) is 14.0. The third-order valence-electron chi connectivity index (χ3n) is 8.78. The molecule has 0 unspecified atom stereocenters. The number of aryl methyl sites for hydroxylation is 3. The molecule has 2 aliphatic rings. The van der Waals surface area contributed by atoms with Gasteiger partial charge in [0, 0.05) is 41.6 Å². The third-order valence-corrected chi connectivity index (χ3v) is 10.7. The van der Waals surface area contributed by atoms with Crippen molar-refractivity contribution in [2.75, 3.05) is 50.6 Å². The molecule has 3 N–H and O–H groups in total. The summed E-state index contributed by atoms with van der Waals surface area (Å²) >= 11 is 3.16. The molecule has 0 bridgehead atoms. The first kappa shape index (κ1) is 36.3. The van der Waals surface area contributed by atoms with E-state index < -0.39 is 12.0 Å². The van der Waals surface area contributed by atoms with E-state index in [0.29, 0.717) is 30.1 Å². The molecule has 2 aliphatic heterocycles. The lowest BCUT2D eigenvalue weighted by atomic mass is 9.97. The van der Waals surface area contributed by atoms with E-state index in [-0.39, 0.29) is 29.2 Å². The van der Waals surface area contributed by atoms with Crippen LogP contribution in [0.2, 0.25) is 0 Å². The number of benzene rings is 2. The number of amides is 1. The molecule has 46 heavy (non-hydrogen) atoms. The summed E-state index contributed by atoms with van der Waals surface area (Å²) in [7, 11) is 2.12. The molecule has 3 atom stereocenters. The highest BCUT2D eigenvalue weighted by Crippen LogP contribution is 2.29. The molecular weight excluding hydrogens is 617 g/mol. The summed E-state index contributed by atoms with van der Waals surface area (Å²) in [5.41, 5.74) is 4.79. The van der Waals surface area contributed by atoms with Gasteiger partial charge in [0.05, 0.1) is 6.10 Å². The first-order chi connectivity index (χ1) is 22.1. The Balaban J connectivity index is 1.41. The number of carbonyl (C=O) groups is 3. The topological polar surface area (TPSA) is 99.8 Å². The highest BCUT2D eigenvalue weighted by atomic mass is 32.2. The Morgan fingerprint density at radius 1 is 1.07 bits per heavy atom. The van der Waals surface area contributed by atoms with Gasteiger partial charge in [-0.15, -0.1) is 0 Å². The fraction of sp³-hybridized carbons (Fsp3) is 0.583. The molecule has 4 rings (SSSR count). The van der Waals surface area contributed by atoms with Crippen LogP contribution in [0, 0.1) is 12.8 Å². The Labute approximate surface area is 283 Å². The average molecular weight is 669 g/mol. The summed E-state index contributed by atoms with van der Waals surface area (Å²) in [6.07, 6.45) is 6.58. The zero-order chi connectivity index (χ0) is 33.1. The third kappa shape index (κ3) is 11.3. The second-order valence-corrected chi connectivity index (χ2v) is 15.3. The van der Waals surface area contributed by atoms with Gasteiger partial charge < -0.3 is 25.6 Å². The smallest absolute Gasteiger partial charge is 0.328 e. The number of nitrogens with zero attached hydrogens (tertiary/aromatic N) is 1. The van der Waals surface area contributed by atoms with Crippen LogP contribution in [-0.4, -0.2) is 90.6 Å². The number of rotatable bonds is 15. The van der Waals surface area contributed by atoms with Gasteiger partial charge in [-0.2, -0.15) is 11.8 Å². The largest absolute Gasteiger partial charge is 0.461 e. The monoisotopic (exact) mass is 668 g/mol. The maximum Gasteiger partial charge on any atom is 0.328 e. The zero-order valence-electron chi connectivity index (χ0n) is 28.1. The number of nitrogens with one attached hydrogen (secondary N) is 3. The van der Waals surface area contributed by atoms with E-state index in [9.17, 15) is 14.4 Å². The molecule has 0 aromatic heterocycles. The van der Waals surface area contributed by atoms with E-state index in [4.69, 9.17) is 4.74 Å². The van der Waals surface area contributed by atoms with Gasteiger partial charge >= 0.3 is 5.97 Å². The van der Waals surface area contributed by atoms with Crippen molar-refractivity contribution < 1.29 is 19.1 Å². The van der Waals surface area contributed by atoms with Crippen molar-refractivity contribution >= 4 is 46.2 Å². The van der Waals surface area contributed by atoms with Crippen LogP contribution >= 0.6 is 23.5 Å². The molecular formula is C36H52N4O4S2. The minimum Gasteiger partial charge on any atom is -0.461 e. The molecule has 8 nitrogen and oxygen atoms in total. The van der Waals surface area contributed by atoms with Gasteiger partial charge in [0.15, 0.2) is 5.12 Å². The van der Waals surface area contributed by atoms with Crippen molar-refractivity contribution in [1.29, 1.82) is 0 Å². The number of esters is 1. The predicted octanol–water partition coefficient (Wildman–Crippen LogP) is 5.33. The lowest BCUT2D eigenvalue weighted by Gasteiger charge is -2.28. The molecule has 252 valence electrons. The Kier molecular flexibility index (Phi) is 14.3. The van der Waals surface area contributed by atoms with Crippen molar-refractivity contribution in [3.05, 3.63) is 64.7 Å². The number of hydrogen-bond acceptors (Lipinski definition) is 9. The summed E-state index contributed by atoms with van der Waals surface area (Å²) in [4.78, 5) is 41.9. The van der Waals surface area contributed by atoms with Crippen molar-refractivity contribution in [3.63, 3.8) is 0 Å². The fourth-order valence-corrected chi connectivity index (χ4v) is 7.69. The summed E-state index contributed by atoms with van der Waals surface area (Å²) in [5.74, 6) is 0.247. The molecule has 2 saturated heterocycles. The Morgan fingerprint density at radius 3 is 2.50 bits per heavy atom. The van der Waals surface area contributed by atoms with Crippen LogP contribution in [0.4, 0.5) is 5.69 Å². The van der Waals surface area contributed by atoms with Crippen LogP contribution in [0.15, 0.2) is 42.5 Å². The van der Waals surface area contributed by atoms with Gasteiger partial charge in [-0.1, -0.05) is 47.7 Å². The lowest BCUT2D eigenvalue weighted by molar-refractivity contribution is -0.149. The van der Waals surface area contributed by atoms with Crippen molar-refractivity contribution in [1.82, 2.24) is 15.5 Å². The predicted molar refractivity (Wildman–Crippen MR) is 192 cm³/mol. The maximum absolute atomic E-state index is 13.8. The Hall–Kier alpha value is -2.53. The molecule has 0 aliphatic carbocycles. The van der Waals surface area contributed by atoms with Crippen molar-refractivity contribution in [2.45, 2.75) is 82.7 Å². The van der Waals surface area contributed by atoms with Crippen LogP contribution < -0.4 is 16.0 Å². The fourth-order valence-electron chi connectivity index (χ4n) is 5.96. The average Bonchev–Trinajstić information content (AvgIpc) is 3.48. The van der Waals surface area contributed by atoms with Crippen LogP contribution in [-0.2, 0) is 27.2 Å². The SMILES string of the molecule is CSCC[C@H](NC(=O)c1cc(NC[C@@H]2C[C@H](SC(=O)C3CCN(C)CC3)CN2)ccc1CCc1ccc(C)cc1)C(=O)OC(C)C. The van der Waals surface area contributed by atoms with Gasteiger partial charge in [-0.25, -0.2) is 4.79 Å². The number of hydrogen-bond donors (Lipinski definition) is 3. The van der Waals surface area contributed by atoms with E-state index in [1.54, 1.807) is 11.8 Å². The normalized spacial score (nSPS) is 19.6. The minimum atomic E-state index is -0.710. The molecule has 1 amide bonds. The molecule has 0 spiro atoms. The lowest BCUT2D eigenvalue weighted by Crippen LogP contribution is -2.43. The summed E-state index contributed by atoms with van der Waals surface area (Å²) < 4.78 is 5.47. The zero-order valence-corrected chi connectivity index (χ0v) is 29.7. The molecule has 10 heteroatoms. The molecule has 2 aromatic rings. The molecule has 2 heterocycles. The van der Waals surface area contributed by atoms with E-state index in [1.807, 2.05) is 38.3 Å². The summed E-state index contributed by atoms with van der Waals surface area (Å²) in [6.45, 7) is 9.22. The first-order valence-electron chi connectivity index (χ1n) is 16.7. The Morgan fingerprint density at radius 2 is 1.80 bits per heavy atom. The van der Waals surface area contributed by atoms with E-state index >= 15 is 0 Å². The second kappa shape index (κ2) is 18.1. The number of ether oxygens (including phenoxy) is 1. The van der Waals surface area contributed by atoms with Crippen LogP contribution in [0.1, 0.15) is 66.6 Å².